The maximum absolute atomic E-state index is 13.2. The molecule has 0 aliphatic carbocycles. The Morgan fingerprint density at radius 1 is 1.18 bits per heavy atom. The molecule has 2 aromatic rings. The molecule has 1 aromatic heterocycles. The molecule has 174 valence electrons. The highest BCUT2D eigenvalue weighted by Gasteiger charge is 2.31. The van der Waals surface area contributed by atoms with Gasteiger partial charge in [0.1, 0.15) is 12.1 Å². The first kappa shape index (κ1) is 22.3. The minimum absolute atomic E-state index is 0.232. The highest BCUT2D eigenvalue weighted by Crippen LogP contribution is 2.38. The van der Waals surface area contributed by atoms with Crippen molar-refractivity contribution in [3.63, 3.8) is 0 Å². The van der Waals surface area contributed by atoms with Gasteiger partial charge in [-0.25, -0.2) is 4.79 Å². The first-order chi connectivity index (χ1) is 15.9. The van der Waals surface area contributed by atoms with Gasteiger partial charge >= 0.3 is 5.97 Å². The fourth-order valence-corrected chi connectivity index (χ4v) is 4.13. The predicted molar refractivity (Wildman–Crippen MR) is 114 cm³/mol. The van der Waals surface area contributed by atoms with E-state index in [4.69, 9.17) is 9.47 Å². The summed E-state index contributed by atoms with van der Waals surface area (Å²) < 4.78 is 16.9. The number of esters is 1. The molecular formula is C22H23N3O8. The van der Waals surface area contributed by atoms with Gasteiger partial charge < -0.3 is 19.1 Å². The van der Waals surface area contributed by atoms with Gasteiger partial charge in [-0.2, -0.15) is 0 Å². The van der Waals surface area contributed by atoms with Crippen molar-refractivity contribution >= 4 is 17.6 Å². The second kappa shape index (κ2) is 9.31. The summed E-state index contributed by atoms with van der Waals surface area (Å²) in [7, 11) is 1.07. The summed E-state index contributed by atoms with van der Waals surface area (Å²) in [5.74, 6) is -0.105. The van der Waals surface area contributed by atoms with Crippen LogP contribution in [-0.2, 0) is 16.1 Å². The third kappa shape index (κ3) is 4.52. The molecule has 1 atom stereocenters. The van der Waals surface area contributed by atoms with Crippen molar-refractivity contribution < 1.29 is 28.7 Å². The summed E-state index contributed by atoms with van der Waals surface area (Å²) in [6.07, 6.45) is 3.24. The van der Waals surface area contributed by atoms with Gasteiger partial charge in [-0.05, 0) is 30.5 Å². The molecule has 0 radical (unpaired) electrons. The molecule has 1 fully saturated rings. The number of hydrogen-bond acceptors (Lipinski definition) is 8. The van der Waals surface area contributed by atoms with E-state index >= 15 is 0 Å². The lowest BCUT2D eigenvalue weighted by Crippen LogP contribution is -2.37. The third-order valence-electron chi connectivity index (χ3n) is 5.72. The molecule has 11 heteroatoms. The number of methoxy groups -OCH3 is 1. The number of nitrogens with zero attached hydrogens (tertiary/aromatic N) is 3. The highest BCUT2D eigenvalue weighted by molar-refractivity contribution is 5.89. The summed E-state index contributed by atoms with van der Waals surface area (Å²) in [6.45, 7) is 1.16. The maximum atomic E-state index is 13.2. The van der Waals surface area contributed by atoms with Crippen molar-refractivity contribution in [3.8, 4) is 11.5 Å². The van der Waals surface area contributed by atoms with E-state index in [0.717, 1.165) is 48.8 Å². The van der Waals surface area contributed by atoms with Crippen LogP contribution in [0.15, 0.2) is 35.3 Å². The zero-order valence-corrected chi connectivity index (χ0v) is 18.0. The molecule has 1 saturated heterocycles. The number of carbonyl (C=O) groups is 2. The topological polar surface area (TPSA) is 130 Å². The van der Waals surface area contributed by atoms with Gasteiger partial charge in [0.25, 0.3) is 11.2 Å². The number of aromatic nitrogens is 1. The van der Waals surface area contributed by atoms with Crippen LogP contribution in [0.25, 0.3) is 0 Å². The van der Waals surface area contributed by atoms with Gasteiger partial charge in [-0.1, -0.05) is 6.07 Å². The highest BCUT2D eigenvalue weighted by atomic mass is 16.6. The van der Waals surface area contributed by atoms with Crippen LogP contribution in [0.3, 0.4) is 0 Å². The number of pyridine rings is 1. The van der Waals surface area contributed by atoms with Gasteiger partial charge in [-0.15, -0.1) is 0 Å². The Hall–Kier alpha value is -3.89. The lowest BCUT2D eigenvalue weighted by Gasteiger charge is -2.26. The number of likely N-dealkylation sites (tertiary alicyclic amines) is 1. The van der Waals surface area contributed by atoms with E-state index in [2.05, 4.69) is 4.74 Å². The Morgan fingerprint density at radius 2 is 1.94 bits per heavy atom. The monoisotopic (exact) mass is 457 g/mol. The predicted octanol–water partition coefficient (Wildman–Crippen LogP) is 2.07. The Morgan fingerprint density at radius 3 is 2.67 bits per heavy atom. The molecule has 33 heavy (non-hydrogen) atoms. The number of benzene rings is 1. The van der Waals surface area contributed by atoms with Gasteiger partial charge in [-0.3, -0.25) is 24.3 Å². The van der Waals surface area contributed by atoms with Crippen LogP contribution in [0.5, 0.6) is 11.5 Å². The van der Waals surface area contributed by atoms with E-state index < -0.39 is 34.2 Å². The van der Waals surface area contributed by atoms with E-state index in [9.17, 15) is 24.5 Å². The lowest BCUT2D eigenvalue weighted by molar-refractivity contribution is -0.385. The number of carbonyl (C=O) groups excluding carboxylic acids is 2. The van der Waals surface area contributed by atoms with E-state index in [1.165, 1.54) is 0 Å². The summed E-state index contributed by atoms with van der Waals surface area (Å²) in [6, 6.07) is 6.20. The average Bonchev–Trinajstić information content (AvgIpc) is 3.18. The van der Waals surface area contributed by atoms with Gasteiger partial charge in [0, 0.05) is 19.0 Å². The number of rotatable bonds is 5. The van der Waals surface area contributed by atoms with Crippen LogP contribution >= 0.6 is 0 Å². The molecule has 1 unspecified atom stereocenters. The number of hydrogen-bond donors (Lipinski definition) is 0. The Labute approximate surface area is 188 Å². The summed E-state index contributed by atoms with van der Waals surface area (Å²) >= 11 is 0. The third-order valence-corrected chi connectivity index (χ3v) is 5.72. The number of fused-ring (bicyclic) bond motifs is 1. The van der Waals surface area contributed by atoms with E-state index in [0.29, 0.717) is 31.3 Å². The molecular weight excluding hydrogens is 434 g/mol. The standard InChI is InChI=1S/C22H23N3O8/c1-31-22(28)16-11-15(25(29)30)12-23(21(16)27)13-20(26)24-7-2-4-17(24)14-5-6-18-19(10-14)33-9-3-8-32-18/h5-6,10-12,17H,2-4,7-9,13H2,1H3. The summed E-state index contributed by atoms with van der Waals surface area (Å²) in [4.78, 5) is 49.9. The van der Waals surface area contributed by atoms with E-state index in [-0.39, 0.29) is 11.9 Å². The normalized spacial score (nSPS) is 17.4. The van der Waals surface area contributed by atoms with Crippen molar-refractivity contribution in [2.24, 2.45) is 0 Å². The second-order valence-electron chi connectivity index (χ2n) is 7.80. The number of ether oxygens (including phenoxy) is 3. The van der Waals surface area contributed by atoms with Crippen LogP contribution in [0.4, 0.5) is 5.69 Å². The minimum atomic E-state index is -1.00. The molecule has 1 aromatic carbocycles. The van der Waals surface area contributed by atoms with Crippen molar-refractivity contribution in [2.45, 2.75) is 31.8 Å². The largest absolute Gasteiger partial charge is 0.490 e. The van der Waals surface area contributed by atoms with Crippen LogP contribution < -0.4 is 15.0 Å². The molecule has 1 amide bonds. The lowest BCUT2D eigenvalue weighted by atomic mass is 10.0. The van der Waals surface area contributed by atoms with Crippen molar-refractivity contribution in [1.29, 1.82) is 0 Å². The average molecular weight is 457 g/mol. The summed E-state index contributed by atoms with van der Waals surface area (Å²) in [5.41, 5.74) is -0.928. The smallest absolute Gasteiger partial charge is 0.343 e. The number of nitro groups is 1. The Bertz CT molecular complexity index is 1160. The zero-order valence-electron chi connectivity index (χ0n) is 18.0. The van der Waals surface area contributed by atoms with Crippen LogP contribution in [0.1, 0.15) is 41.2 Å². The zero-order chi connectivity index (χ0) is 23.5. The van der Waals surface area contributed by atoms with Crippen molar-refractivity contribution in [3.05, 3.63) is 62.1 Å². The van der Waals surface area contributed by atoms with Crippen LogP contribution in [0, 0.1) is 10.1 Å². The SMILES string of the molecule is COC(=O)c1cc([N+](=O)[O-])cn(CC(=O)N2CCCC2c2ccc3c(c2)OCCCO3)c1=O. The van der Waals surface area contributed by atoms with Gasteiger partial charge in [0.05, 0.1) is 37.5 Å². The van der Waals surface area contributed by atoms with Gasteiger partial charge in [0.15, 0.2) is 11.5 Å². The first-order valence-electron chi connectivity index (χ1n) is 10.5. The second-order valence-corrected chi connectivity index (χ2v) is 7.80. The Kier molecular flexibility index (Phi) is 6.29. The van der Waals surface area contributed by atoms with E-state index in [1.54, 1.807) is 4.90 Å². The van der Waals surface area contributed by atoms with Crippen LogP contribution in [0.2, 0.25) is 0 Å². The minimum Gasteiger partial charge on any atom is -0.490 e. The fraction of sp³-hybridized carbons (Fsp3) is 0.409. The molecule has 11 nitrogen and oxygen atoms in total. The molecule has 0 N–H and O–H groups in total. The molecule has 3 heterocycles. The molecule has 0 bridgehead atoms. The number of amides is 1. The van der Waals surface area contributed by atoms with Crippen LogP contribution in [-0.4, -0.2) is 53.1 Å². The first-order valence-corrected chi connectivity index (χ1v) is 10.5. The van der Waals surface area contributed by atoms with E-state index in [1.807, 2.05) is 18.2 Å². The quantitative estimate of drug-likeness (QED) is 0.379. The Balaban J connectivity index is 1.60. The molecule has 2 aliphatic heterocycles. The molecule has 0 saturated carbocycles. The fourth-order valence-electron chi connectivity index (χ4n) is 4.13. The van der Waals surface area contributed by atoms with Gasteiger partial charge in [0.2, 0.25) is 5.91 Å². The molecule has 4 rings (SSSR count). The summed E-state index contributed by atoms with van der Waals surface area (Å²) in [5, 5.41) is 11.3. The molecule has 0 spiro atoms. The van der Waals surface area contributed by atoms with Crippen molar-refractivity contribution in [1.82, 2.24) is 9.47 Å². The van der Waals surface area contributed by atoms with Crippen molar-refractivity contribution in [2.75, 3.05) is 26.9 Å². The maximum Gasteiger partial charge on any atom is 0.343 e. The molecule has 2 aliphatic rings.